The van der Waals surface area contributed by atoms with Gasteiger partial charge in [0, 0.05) is 6.92 Å². The topological polar surface area (TPSA) is 69.4 Å². The number of carbonyl (C=O) groups excluding carboxylic acids is 1. The second kappa shape index (κ2) is 6.54. The molecule has 0 fully saturated rings. The minimum absolute atomic E-state index is 0.0962. The maximum atomic E-state index is 11.5. The molecule has 0 aliphatic rings. The fraction of sp³-hybridized carbons (Fsp3) is 0.308. The number of rotatable bonds is 2. The van der Waals surface area contributed by atoms with E-state index < -0.39 is 11.6 Å². The van der Waals surface area contributed by atoms with Gasteiger partial charge < -0.3 is 9.15 Å². The summed E-state index contributed by atoms with van der Waals surface area (Å²) in [5.41, 5.74) is 0.0497. The first kappa shape index (κ1) is 13.9. The number of esters is 1. The molecule has 2 rings (SSSR count). The highest BCUT2D eigenvalue weighted by Crippen LogP contribution is 2.07. The summed E-state index contributed by atoms with van der Waals surface area (Å²) in [6.07, 6.45) is 0. The normalized spacial score (nSPS) is 9.50. The fourth-order valence-corrected chi connectivity index (χ4v) is 1.29. The van der Waals surface area contributed by atoms with Crippen molar-refractivity contribution in [2.75, 3.05) is 0 Å². The average molecular weight is 249 g/mol. The second-order valence-corrected chi connectivity index (χ2v) is 3.19. The third-order valence-corrected chi connectivity index (χ3v) is 1.98. The third kappa shape index (κ3) is 3.41. The Labute approximate surface area is 104 Å². The number of carbonyl (C=O) groups is 1. The van der Waals surface area contributed by atoms with Gasteiger partial charge in [-0.3, -0.25) is 4.79 Å². The van der Waals surface area contributed by atoms with Crippen molar-refractivity contribution < 1.29 is 13.9 Å². The zero-order chi connectivity index (χ0) is 13.5. The lowest BCUT2D eigenvalue weighted by molar-refractivity contribution is -0.142. The molecule has 0 N–H and O–H groups in total. The Morgan fingerprint density at radius 2 is 2.00 bits per heavy atom. The summed E-state index contributed by atoms with van der Waals surface area (Å²) in [5.74, 6) is -0.350. The molecule has 0 amide bonds. The summed E-state index contributed by atoms with van der Waals surface area (Å²) < 4.78 is 9.59. The van der Waals surface area contributed by atoms with Crippen LogP contribution in [0.1, 0.15) is 26.7 Å². The lowest BCUT2D eigenvalue weighted by Crippen LogP contribution is -2.07. The van der Waals surface area contributed by atoms with E-state index in [2.05, 4.69) is 4.98 Å². The Hall–Kier alpha value is -2.17. The van der Waals surface area contributed by atoms with Crippen LogP contribution in [-0.2, 0) is 16.1 Å². The summed E-state index contributed by atoms with van der Waals surface area (Å²) in [6, 6.07) is 6.82. The number of ether oxygens (including phenoxy) is 1. The second-order valence-electron chi connectivity index (χ2n) is 3.19. The van der Waals surface area contributed by atoms with Crippen LogP contribution in [0.4, 0.5) is 0 Å². The van der Waals surface area contributed by atoms with Gasteiger partial charge in [-0.2, -0.15) is 0 Å². The highest BCUT2D eigenvalue weighted by molar-refractivity contribution is 5.76. The van der Waals surface area contributed by atoms with Crippen LogP contribution in [0.2, 0.25) is 0 Å². The van der Waals surface area contributed by atoms with Crippen LogP contribution in [0.3, 0.4) is 0 Å². The van der Waals surface area contributed by atoms with Gasteiger partial charge in [-0.05, 0) is 12.1 Å². The number of benzene rings is 1. The Morgan fingerprint density at radius 3 is 2.67 bits per heavy atom. The monoisotopic (exact) mass is 249 g/mol. The van der Waals surface area contributed by atoms with Crippen LogP contribution in [0.15, 0.2) is 33.5 Å². The molecule has 0 radical (unpaired) electrons. The first-order chi connectivity index (χ1) is 8.66. The molecule has 0 atom stereocenters. The zero-order valence-corrected chi connectivity index (χ0v) is 10.6. The Kier molecular flexibility index (Phi) is 5.05. The number of hydrogen-bond donors (Lipinski definition) is 0. The standard InChI is InChI=1S/C11H9NO4.C2H6/c1-7(13)15-6-10-12-9-5-3-2-4-8(9)11(14)16-10;1-2/h2-5H,6H2,1H3;1-2H3. The molecule has 5 nitrogen and oxygen atoms in total. The quantitative estimate of drug-likeness (QED) is 0.763. The van der Waals surface area contributed by atoms with Crippen LogP contribution in [-0.4, -0.2) is 11.0 Å². The van der Waals surface area contributed by atoms with Gasteiger partial charge in [-0.15, -0.1) is 0 Å². The van der Waals surface area contributed by atoms with E-state index in [4.69, 9.17) is 9.15 Å². The molecule has 2 aromatic rings. The SMILES string of the molecule is CC.CC(=O)OCc1nc2ccccc2c(=O)o1. The van der Waals surface area contributed by atoms with E-state index in [9.17, 15) is 9.59 Å². The Morgan fingerprint density at radius 1 is 1.33 bits per heavy atom. The van der Waals surface area contributed by atoms with Crippen LogP contribution in [0, 0.1) is 0 Å². The molecule has 0 bridgehead atoms. The number of para-hydroxylation sites is 1. The van der Waals surface area contributed by atoms with Crippen LogP contribution in [0.25, 0.3) is 10.9 Å². The molecule has 0 aliphatic carbocycles. The summed E-state index contributed by atoms with van der Waals surface area (Å²) >= 11 is 0. The van der Waals surface area contributed by atoms with Crippen LogP contribution < -0.4 is 5.63 Å². The van der Waals surface area contributed by atoms with E-state index in [0.29, 0.717) is 10.9 Å². The minimum atomic E-state index is -0.479. The third-order valence-electron chi connectivity index (χ3n) is 1.98. The smallest absolute Gasteiger partial charge is 0.346 e. The maximum absolute atomic E-state index is 11.5. The lowest BCUT2D eigenvalue weighted by atomic mass is 10.2. The number of fused-ring (bicyclic) bond motifs is 1. The number of hydrogen-bond acceptors (Lipinski definition) is 5. The largest absolute Gasteiger partial charge is 0.456 e. The molecule has 0 saturated carbocycles. The van der Waals surface area contributed by atoms with Crippen molar-refractivity contribution in [2.45, 2.75) is 27.4 Å². The molecule has 96 valence electrons. The molecular formula is C13H15NO4. The van der Waals surface area contributed by atoms with E-state index in [1.165, 1.54) is 6.92 Å². The van der Waals surface area contributed by atoms with Gasteiger partial charge in [0.05, 0.1) is 10.9 Å². The highest BCUT2D eigenvalue weighted by atomic mass is 16.5. The van der Waals surface area contributed by atoms with Crippen LogP contribution >= 0.6 is 0 Å². The van der Waals surface area contributed by atoms with Gasteiger partial charge in [-0.25, -0.2) is 9.78 Å². The average Bonchev–Trinajstić information content (AvgIpc) is 2.39. The van der Waals surface area contributed by atoms with E-state index in [1.54, 1.807) is 24.3 Å². The molecule has 18 heavy (non-hydrogen) atoms. The molecule has 0 spiro atoms. The first-order valence-electron chi connectivity index (χ1n) is 5.69. The molecule has 1 aromatic heterocycles. The van der Waals surface area contributed by atoms with E-state index in [1.807, 2.05) is 13.8 Å². The fourth-order valence-electron chi connectivity index (χ4n) is 1.29. The first-order valence-corrected chi connectivity index (χ1v) is 5.69. The van der Waals surface area contributed by atoms with Gasteiger partial charge >= 0.3 is 11.6 Å². The molecule has 0 saturated heterocycles. The Balaban J connectivity index is 0.000000771. The molecule has 0 aliphatic heterocycles. The molecular weight excluding hydrogens is 234 g/mol. The van der Waals surface area contributed by atoms with Crippen molar-refractivity contribution in [3.05, 3.63) is 40.6 Å². The lowest BCUT2D eigenvalue weighted by Gasteiger charge is -2.01. The predicted octanol–water partition coefficient (Wildman–Crippen LogP) is 2.28. The summed E-state index contributed by atoms with van der Waals surface area (Å²) in [5, 5.41) is 0.411. The van der Waals surface area contributed by atoms with Crippen molar-refractivity contribution in [3.8, 4) is 0 Å². The van der Waals surface area contributed by atoms with Gasteiger partial charge in [0.15, 0.2) is 6.61 Å². The van der Waals surface area contributed by atoms with Crippen LogP contribution in [0.5, 0.6) is 0 Å². The minimum Gasteiger partial charge on any atom is -0.456 e. The van der Waals surface area contributed by atoms with Gasteiger partial charge in [-0.1, -0.05) is 26.0 Å². The molecule has 5 heteroatoms. The van der Waals surface area contributed by atoms with Gasteiger partial charge in [0.2, 0.25) is 5.89 Å². The molecule has 1 aromatic carbocycles. The number of nitrogens with zero attached hydrogens (tertiary/aromatic N) is 1. The molecule has 0 unspecified atom stereocenters. The van der Waals surface area contributed by atoms with E-state index >= 15 is 0 Å². The predicted molar refractivity (Wildman–Crippen MR) is 67.1 cm³/mol. The summed E-state index contributed by atoms with van der Waals surface area (Å²) in [6.45, 7) is 5.15. The van der Waals surface area contributed by atoms with E-state index in [0.717, 1.165) is 0 Å². The van der Waals surface area contributed by atoms with Crippen molar-refractivity contribution in [3.63, 3.8) is 0 Å². The summed E-state index contributed by atoms with van der Waals surface area (Å²) in [4.78, 5) is 26.2. The summed E-state index contributed by atoms with van der Waals surface area (Å²) in [7, 11) is 0. The van der Waals surface area contributed by atoms with Crippen molar-refractivity contribution in [1.82, 2.24) is 4.98 Å². The van der Waals surface area contributed by atoms with Crippen molar-refractivity contribution in [1.29, 1.82) is 0 Å². The maximum Gasteiger partial charge on any atom is 0.346 e. The highest BCUT2D eigenvalue weighted by Gasteiger charge is 2.06. The van der Waals surface area contributed by atoms with Crippen molar-refractivity contribution in [2.24, 2.45) is 0 Å². The zero-order valence-electron chi connectivity index (χ0n) is 10.6. The van der Waals surface area contributed by atoms with Crippen molar-refractivity contribution >= 4 is 16.9 Å². The van der Waals surface area contributed by atoms with Gasteiger partial charge in [0.1, 0.15) is 0 Å². The number of aromatic nitrogens is 1. The molecule has 1 heterocycles. The van der Waals surface area contributed by atoms with E-state index in [-0.39, 0.29) is 12.5 Å². The van der Waals surface area contributed by atoms with Gasteiger partial charge in [0.25, 0.3) is 0 Å². The Bertz CT molecular complexity index is 589.